The molecule has 1 aliphatic heterocycles. The molecule has 0 atom stereocenters. The Morgan fingerprint density at radius 3 is 2.47 bits per heavy atom. The van der Waals surface area contributed by atoms with E-state index in [1.54, 1.807) is 16.8 Å². The van der Waals surface area contributed by atoms with Crippen LogP contribution >= 0.6 is 0 Å². The smallest absolute Gasteiger partial charge is 0.255 e. The Kier molecular flexibility index (Phi) is 5.04. The highest BCUT2D eigenvalue weighted by Crippen LogP contribution is 2.28. The third-order valence-electron chi connectivity index (χ3n) is 6.39. The second-order valence-corrected chi connectivity index (χ2v) is 8.24. The first kappa shape index (κ1) is 18.9. The molecule has 154 valence electrons. The first-order valence-corrected chi connectivity index (χ1v) is 10.7. The monoisotopic (exact) mass is 402 g/mol. The van der Waals surface area contributed by atoms with Gasteiger partial charge in [0, 0.05) is 30.4 Å². The van der Waals surface area contributed by atoms with E-state index in [4.69, 9.17) is 0 Å². The van der Waals surface area contributed by atoms with Crippen molar-refractivity contribution in [3.8, 4) is 5.69 Å². The summed E-state index contributed by atoms with van der Waals surface area (Å²) < 4.78 is 1.64. The second kappa shape index (κ2) is 7.99. The van der Waals surface area contributed by atoms with Gasteiger partial charge in [-0.15, -0.1) is 5.10 Å². The molecule has 1 aromatic heterocycles. The fourth-order valence-corrected chi connectivity index (χ4v) is 4.36. The van der Waals surface area contributed by atoms with Crippen LogP contribution in [0.4, 0.5) is 5.69 Å². The molecule has 1 amide bonds. The van der Waals surface area contributed by atoms with Crippen LogP contribution < -0.4 is 5.32 Å². The number of tetrazole rings is 1. The number of aromatic nitrogens is 4. The molecule has 1 aliphatic carbocycles. The summed E-state index contributed by atoms with van der Waals surface area (Å²) in [6, 6.07) is 14.4. The van der Waals surface area contributed by atoms with Crippen molar-refractivity contribution in [2.45, 2.75) is 45.1 Å². The van der Waals surface area contributed by atoms with Gasteiger partial charge < -0.3 is 5.32 Å². The number of hydrogen-bond acceptors (Lipinski definition) is 5. The summed E-state index contributed by atoms with van der Waals surface area (Å²) in [5, 5.41) is 14.6. The van der Waals surface area contributed by atoms with Gasteiger partial charge in [-0.25, -0.2) is 0 Å². The lowest BCUT2D eigenvalue weighted by Crippen LogP contribution is -2.41. The Hall–Kier alpha value is -3.06. The Balaban J connectivity index is 1.26. The molecule has 0 spiro atoms. The SMILES string of the molecule is Cc1nnnn1-c1ccc(C(=O)Nc2ccc3c(c2)CCN(C2CCC2)CC3)cc1. The first-order chi connectivity index (χ1) is 14.7. The zero-order chi connectivity index (χ0) is 20.5. The van der Waals surface area contributed by atoms with Crippen LogP contribution in [0.3, 0.4) is 0 Å². The van der Waals surface area contributed by atoms with Gasteiger partial charge >= 0.3 is 0 Å². The minimum Gasteiger partial charge on any atom is -0.322 e. The average molecular weight is 403 g/mol. The molecular weight excluding hydrogens is 376 g/mol. The van der Waals surface area contributed by atoms with E-state index in [9.17, 15) is 4.79 Å². The van der Waals surface area contributed by atoms with Gasteiger partial charge in [0.1, 0.15) is 0 Å². The van der Waals surface area contributed by atoms with Crippen LogP contribution in [-0.2, 0) is 12.8 Å². The molecular formula is C23H26N6O. The van der Waals surface area contributed by atoms with Crippen molar-refractivity contribution in [2.24, 2.45) is 0 Å². The van der Waals surface area contributed by atoms with Gasteiger partial charge in [0.25, 0.3) is 5.91 Å². The molecule has 30 heavy (non-hydrogen) atoms. The molecule has 2 heterocycles. The Labute approximate surface area is 176 Å². The van der Waals surface area contributed by atoms with Crippen molar-refractivity contribution in [3.63, 3.8) is 0 Å². The van der Waals surface area contributed by atoms with Gasteiger partial charge in [0.15, 0.2) is 5.82 Å². The summed E-state index contributed by atoms with van der Waals surface area (Å²) >= 11 is 0. The lowest BCUT2D eigenvalue weighted by molar-refractivity contribution is 0.102. The van der Waals surface area contributed by atoms with E-state index in [0.29, 0.717) is 11.4 Å². The van der Waals surface area contributed by atoms with Crippen molar-refractivity contribution in [1.29, 1.82) is 0 Å². The predicted molar refractivity (Wildman–Crippen MR) is 115 cm³/mol. The Morgan fingerprint density at radius 2 is 1.80 bits per heavy atom. The highest BCUT2D eigenvalue weighted by Gasteiger charge is 2.26. The fourth-order valence-electron chi connectivity index (χ4n) is 4.36. The van der Waals surface area contributed by atoms with Crippen LogP contribution in [0.2, 0.25) is 0 Å². The first-order valence-electron chi connectivity index (χ1n) is 10.7. The quantitative estimate of drug-likeness (QED) is 0.725. The molecule has 1 saturated carbocycles. The topological polar surface area (TPSA) is 75.9 Å². The van der Waals surface area contributed by atoms with E-state index in [1.165, 1.54) is 30.4 Å². The average Bonchev–Trinajstić information content (AvgIpc) is 3.04. The maximum atomic E-state index is 12.7. The van der Waals surface area contributed by atoms with Gasteiger partial charge in [-0.05, 0) is 90.6 Å². The van der Waals surface area contributed by atoms with E-state index in [2.05, 4.69) is 37.9 Å². The normalized spacial score (nSPS) is 17.1. The number of nitrogens with one attached hydrogen (secondary N) is 1. The maximum Gasteiger partial charge on any atom is 0.255 e. The Bertz CT molecular complexity index is 1050. The number of benzene rings is 2. The van der Waals surface area contributed by atoms with Crippen molar-refractivity contribution >= 4 is 11.6 Å². The lowest BCUT2D eigenvalue weighted by atomic mass is 9.91. The molecule has 1 N–H and O–H groups in total. The maximum absolute atomic E-state index is 12.7. The number of aryl methyl sites for hydroxylation is 1. The molecule has 5 rings (SSSR count). The Morgan fingerprint density at radius 1 is 1.03 bits per heavy atom. The van der Waals surface area contributed by atoms with Crippen LogP contribution in [0.15, 0.2) is 42.5 Å². The molecule has 2 aromatic carbocycles. The fraction of sp³-hybridized carbons (Fsp3) is 0.391. The second-order valence-electron chi connectivity index (χ2n) is 8.24. The number of carbonyl (C=O) groups is 1. The van der Waals surface area contributed by atoms with Gasteiger partial charge in [0.2, 0.25) is 0 Å². The summed E-state index contributed by atoms with van der Waals surface area (Å²) in [4.78, 5) is 15.4. The van der Waals surface area contributed by atoms with Gasteiger partial charge in [-0.1, -0.05) is 12.5 Å². The molecule has 1 fully saturated rings. The lowest BCUT2D eigenvalue weighted by Gasteiger charge is -2.36. The van der Waals surface area contributed by atoms with Crippen LogP contribution in [0, 0.1) is 6.92 Å². The molecule has 7 nitrogen and oxygen atoms in total. The zero-order valence-electron chi connectivity index (χ0n) is 17.2. The summed E-state index contributed by atoms with van der Waals surface area (Å²) in [5.41, 5.74) is 5.07. The van der Waals surface area contributed by atoms with Crippen LogP contribution in [0.1, 0.15) is 46.6 Å². The summed E-state index contributed by atoms with van der Waals surface area (Å²) in [6.45, 7) is 4.11. The third-order valence-corrected chi connectivity index (χ3v) is 6.39. The number of fused-ring (bicyclic) bond motifs is 1. The third kappa shape index (κ3) is 3.73. The number of carbonyl (C=O) groups excluding carboxylic acids is 1. The molecule has 2 aliphatic rings. The van der Waals surface area contributed by atoms with Crippen molar-refractivity contribution in [3.05, 3.63) is 65.0 Å². The molecule has 7 heteroatoms. The summed E-state index contributed by atoms with van der Waals surface area (Å²) in [6.07, 6.45) is 6.22. The highest BCUT2D eigenvalue weighted by molar-refractivity contribution is 6.04. The number of anilines is 1. The van der Waals surface area contributed by atoms with Gasteiger partial charge in [0.05, 0.1) is 5.69 Å². The number of nitrogens with zero attached hydrogens (tertiary/aromatic N) is 5. The van der Waals surface area contributed by atoms with Crippen molar-refractivity contribution < 1.29 is 4.79 Å². The highest BCUT2D eigenvalue weighted by atomic mass is 16.1. The summed E-state index contributed by atoms with van der Waals surface area (Å²) in [5.74, 6) is 0.590. The molecule has 0 saturated heterocycles. The minimum atomic E-state index is -0.111. The van der Waals surface area contributed by atoms with Crippen LogP contribution in [0.25, 0.3) is 5.69 Å². The van der Waals surface area contributed by atoms with Crippen molar-refractivity contribution in [1.82, 2.24) is 25.1 Å². The number of amides is 1. The zero-order valence-corrected chi connectivity index (χ0v) is 17.2. The van der Waals surface area contributed by atoms with E-state index >= 15 is 0 Å². The molecule has 0 bridgehead atoms. The van der Waals surface area contributed by atoms with E-state index in [0.717, 1.165) is 43.3 Å². The molecule has 0 radical (unpaired) electrons. The van der Waals surface area contributed by atoms with E-state index in [1.807, 2.05) is 25.1 Å². The van der Waals surface area contributed by atoms with Crippen LogP contribution in [0.5, 0.6) is 0 Å². The number of hydrogen-bond donors (Lipinski definition) is 1. The van der Waals surface area contributed by atoms with Gasteiger partial charge in [-0.2, -0.15) is 4.68 Å². The summed E-state index contributed by atoms with van der Waals surface area (Å²) in [7, 11) is 0. The van der Waals surface area contributed by atoms with E-state index in [-0.39, 0.29) is 5.91 Å². The predicted octanol–water partition coefficient (Wildman–Crippen LogP) is 3.18. The minimum absolute atomic E-state index is 0.111. The largest absolute Gasteiger partial charge is 0.322 e. The standard InChI is InChI=1S/C23H26N6O/c1-16-25-26-27-29(16)22-9-6-18(7-10-22)23(30)24-20-8-5-17-11-13-28(21-3-2-4-21)14-12-19(17)15-20/h5-10,15,21H,2-4,11-14H2,1H3,(H,24,30). The van der Waals surface area contributed by atoms with Crippen LogP contribution in [-0.4, -0.2) is 50.1 Å². The molecule has 0 unspecified atom stereocenters. The van der Waals surface area contributed by atoms with E-state index < -0.39 is 0 Å². The molecule has 3 aromatic rings. The van der Waals surface area contributed by atoms with Gasteiger partial charge in [-0.3, -0.25) is 9.69 Å². The van der Waals surface area contributed by atoms with Crippen molar-refractivity contribution in [2.75, 3.05) is 18.4 Å². The number of rotatable bonds is 4.